The van der Waals surface area contributed by atoms with Crippen molar-refractivity contribution in [1.82, 2.24) is 0 Å². The number of carbonyl (C=O) groups is 6. The predicted octanol–water partition coefficient (Wildman–Crippen LogP) is 27.7. The molecule has 12 aromatic carbocycles. The molecule has 12 rings (SSSR count). The van der Waals surface area contributed by atoms with Gasteiger partial charge in [0.1, 0.15) is 114 Å². The Hall–Kier alpha value is -12.3. The van der Waals surface area contributed by atoms with Crippen LogP contribution in [-0.2, 0) is 68.4 Å². The summed E-state index contributed by atoms with van der Waals surface area (Å²) in [6, 6.07) is 69.5. The second-order valence-corrected chi connectivity index (χ2v) is 33.1. The molecule has 18 nitrogen and oxygen atoms in total. The van der Waals surface area contributed by atoms with E-state index in [1.54, 1.807) is 90.1 Å². The summed E-state index contributed by atoms with van der Waals surface area (Å²) in [7, 11) is 0. The van der Waals surface area contributed by atoms with E-state index in [9.17, 15) is 33.2 Å². The van der Waals surface area contributed by atoms with E-state index in [-0.39, 0.29) is 60.8 Å². The van der Waals surface area contributed by atoms with Crippen molar-refractivity contribution in [1.29, 1.82) is 0 Å². The van der Waals surface area contributed by atoms with Gasteiger partial charge in [0.15, 0.2) is 0 Å². The largest absolute Gasteiger partial charge is 0.489 e. The summed E-state index contributed by atoms with van der Waals surface area (Å²) < 4.78 is 82.5. The third-order valence-electron chi connectivity index (χ3n) is 20.9. The number of aryl methyl sites for hydroxylation is 13. The van der Waals surface area contributed by atoms with E-state index in [0.29, 0.717) is 104 Å². The molecule has 0 saturated heterocycles. The highest BCUT2D eigenvalue weighted by Crippen LogP contribution is 2.35. The zero-order valence-corrected chi connectivity index (χ0v) is 82.7. The molecule has 12 aromatic rings. The lowest BCUT2D eigenvalue weighted by molar-refractivity contribution is -0.135. The summed E-state index contributed by atoms with van der Waals surface area (Å²) >= 11 is 11.9. The van der Waals surface area contributed by atoms with Crippen LogP contribution in [0.4, 0.5) is 4.39 Å². The first kappa shape index (κ1) is 106. The zero-order chi connectivity index (χ0) is 95.8. The average Bonchev–Trinajstić information content (AvgIpc) is 0.859. The lowest BCUT2D eigenvalue weighted by atomic mass is 10.1. The van der Waals surface area contributed by atoms with Crippen molar-refractivity contribution in [3.63, 3.8) is 0 Å². The fourth-order valence-electron chi connectivity index (χ4n) is 11.7. The molecule has 131 heavy (non-hydrogen) atoms. The van der Waals surface area contributed by atoms with Gasteiger partial charge in [0.25, 0.3) is 0 Å². The van der Waals surface area contributed by atoms with Crippen molar-refractivity contribution in [2.45, 2.75) is 210 Å². The molecule has 22 heteroatoms. The summed E-state index contributed by atoms with van der Waals surface area (Å²) in [5.74, 6) is 5.42. The van der Waals surface area contributed by atoms with Crippen molar-refractivity contribution in [3.05, 3.63) is 349 Å². The molecule has 0 bridgehead atoms. The number of hydrogen-bond acceptors (Lipinski definition) is 18. The van der Waals surface area contributed by atoms with Crippen LogP contribution in [-0.4, -0.2) is 35.8 Å². The Morgan fingerprint density at radius 1 is 0.267 bits per heavy atom. The predicted molar refractivity (Wildman–Crippen MR) is 526 cm³/mol. The zero-order valence-electron chi connectivity index (χ0n) is 78.2. The Morgan fingerprint density at radius 2 is 0.527 bits per heavy atom. The van der Waals surface area contributed by atoms with Crippen LogP contribution in [0, 0.1) is 99.4 Å². The number of rotatable bonds is 30. The van der Waals surface area contributed by atoms with Gasteiger partial charge in [0.05, 0.1) is 16.1 Å². The lowest BCUT2D eigenvalue weighted by Gasteiger charge is -2.14. The molecular formula is C109H118BrClFIO18. The smallest absolute Gasteiger partial charge is 0.310 e. The first-order chi connectivity index (χ1) is 62.6. The number of halogens is 4. The van der Waals surface area contributed by atoms with E-state index >= 15 is 0 Å². The van der Waals surface area contributed by atoms with Crippen LogP contribution in [0.25, 0.3) is 0 Å². The SMILES string of the molecule is CCC(=O)Oc1cccc(Br)c1COc1ccc(C)c(C)c1.CCC(=O)Oc1cccc(C)c1COc1ccc(C)c(C)c1.CCC(=O)Oc1cccc(Cl)c1COc1ccc(C)c(C)c1.CCC(=O)Oc1cccc(F)c1COc1ccc(C)c(C)c1.CCC(=O)Oc1cccc(I)c1COc1ccc(C)c(C)c1.CCC(=O)Oc1ccccc1COc1ccc(C)c(C)c1. The highest BCUT2D eigenvalue weighted by atomic mass is 127. The molecule has 0 spiro atoms. The summed E-state index contributed by atoms with van der Waals surface area (Å²) in [4.78, 5) is 68.9. The van der Waals surface area contributed by atoms with Crippen molar-refractivity contribution >= 4 is 85.9 Å². The Morgan fingerprint density at radius 3 is 0.893 bits per heavy atom. The van der Waals surface area contributed by atoms with Gasteiger partial charge < -0.3 is 56.8 Å². The fourth-order valence-corrected chi connectivity index (χ4v) is 13.0. The van der Waals surface area contributed by atoms with Gasteiger partial charge in [-0.15, -0.1) is 0 Å². The molecule has 0 N–H and O–H groups in total. The summed E-state index contributed by atoms with van der Waals surface area (Å²) in [5.41, 5.74) is 19.8. The van der Waals surface area contributed by atoms with E-state index in [1.807, 2.05) is 191 Å². The maximum atomic E-state index is 14.0. The minimum absolute atomic E-state index is 0.00149. The first-order valence-corrected chi connectivity index (χ1v) is 45.6. The number of esters is 6. The van der Waals surface area contributed by atoms with Crippen LogP contribution >= 0.6 is 50.1 Å². The van der Waals surface area contributed by atoms with E-state index in [1.165, 1.54) is 62.2 Å². The van der Waals surface area contributed by atoms with Crippen LogP contribution in [0.5, 0.6) is 69.0 Å². The highest BCUT2D eigenvalue weighted by molar-refractivity contribution is 14.1. The Kier molecular flexibility index (Phi) is 43.9. The van der Waals surface area contributed by atoms with Gasteiger partial charge in [-0.25, -0.2) is 4.39 Å². The Balaban J connectivity index is 0.000000215. The molecule has 0 amide bonds. The van der Waals surface area contributed by atoms with Crippen LogP contribution in [0.1, 0.15) is 186 Å². The minimum atomic E-state index is -0.453. The number of benzene rings is 12. The topological polar surface area (TPSA) is 213 Å². The molecular weight excluding hydrogens is 1860 g/mol. The highest BCUT2D eigenvalue weighted by Gasteiger charge is 2.20. The quantitative estimate of drug-likeness (QED) is 0.0232. The van der Waals surface area contributed by atoms with Crippen molar-refractivity contribution < 1.29 is 90.0 Å². The van der Waals surface area contributed by atoms with Gasteiger partial charge >= 0.3 is 35.8 Å². The molecule has 0 fully saturated rings. The van der Waals surface area contributed by atoms with Crippen LogP contribution in [0.2, 0.25) is 5.02 Å². The fraction of sp³-hybridized carbons (Fsp3) is 0.284. The third kappa shape index (κ3) is 34.8. The second-order valence-electron chi connectivity index (χ2n) is 30.7. The average molecular weight is 1980 g/mol. The molecule has 0 aliphatic carbocycles. The molecule has 0 aliphatic rings. The van der Waals surface area contributed by atoms with Crippen molar-refractivity contribution in [2.24, 2.45) is 0 Å². The van der Waals surface area contributed by atoms with Crippen molar-refractivity contribution in [3.8, 4) is 69.0 Å². The number of ether oxygens (including phenoxy) is 12. The standard InChI is InChI=1S/C19H22O3.C18H19BrO3.C18H19ClO3.C18H19FO3.C18H19IO3.C18H20O3/c1-5-19(20)22-18-8-6-7-14(3)17(18)12-21-16-10-9-13(2)15(4)11-16;4*1-4-18(20)22-17-7-5-6-16(19)15(17)11-21-14-9-8-12(2)13(3)10-14;1-4-18(19)21-17-8-6-5-7-15(17)12-20-16-10-9-13(2)14(3)11-16/h6-11H,5,12H2,1-4H3;4*5-10H,4,11H2,1-3H3;5-11H,4,12H2,1-3H3. The van der Waals surface area contributed by atoms with Crippen molar-refractivity contribution in [2.75, 3.05) is 0 Å². The Labute approximate surface area is 798 Å². The number of para-hydroxylation sites is 1. The number of hydrogen-bond donors (Lipinski definition) is 0. The van der Waals surface area contributed by atoms with E-state index < -0.39 is 11.8 Å². The molecule has 0 unspecified atom stereocenters. The molecule has 0 aliphatic heterocycles. The third-order valence-corrected chi connectivity index (χ3v) is 23.0. The molecule has 690 valence electrons. The van der Waals surface area contributed by atoms with Gasteiger partial charge in [0, 0.05) is 68.8 Å². The van der Waals surface area contributed by atoms with E-state index in [0.717, 1.165) is 81.3 Å². The lowest BCUT2D eigenvalue weighted by Crippen LogP contribution is -2.09. The van der Waals surface area contributed by atoms with E-state index in [4.69, 9.17) is 68.4 Å². The Bertz CT molecular complexity index is 5180. The normalized spacial score (nSPS) is 10.3. The molecule has 0 radical (unpaired) electrons. The van der Waals surface area contributed by atoms with Gasteiger partial charge in [-0.3, -0.25) is 28.8 Å². The summed E-state index contributed by atoms with van der Waals surface area (Å²) in [5, 5.41) is 0.519. The first-order valence-electron chi connectivity index (χ1n) is 43.3. The molecule has 0 heterocycles. The van der Waals surface area contributed by atoms with Gasteiger partial charge in [-0.2, -0.15) is 0 Å². The van der Waals surface area contributed by atoms with Crippen LogP contribution < -0.4 is 56.8 Å². The molecule has 0 atom stereocenters. The van der Waals surface area contributed by atoms with Crippen LogP contribution in [0.15, 0.2) is 229 Å². The van der Waals surface area contributed by atoms with Gasteiger partial charge in [-0.1, -0.05) is 160 Å². The minimum Gasteiger partial charge on any atom is -0.489 e. The van der Waals surface area contributed by atoms with E-state index in [2.05, 4.69) is 101 Å². The van der Waals surface area contributed by atoms with Gasteiger partial charge in [0.2, 0.25) is 0 Å². The maximum Gasteiger partial charge on any atom is 0.310 e. The molecule has 0 saturated carbocycles. The summed E-state index contributed by atoms with van der Waals surface area (Å²) in [6.07, 6.45) is 1.93. The second kappa shape index (κ2) is 54.4. The monoisotopic (exact) mass is 1970 g/mol. The summed E-state index contributed by atoms with van der Waals surface area (Å²) in [6.45, 7) is 38.8. The maximum absolute atomic E-state index is 14.0. The van der Waals surface area contributed by atoms with Crippen LogP contribution in [0.3, 0.4) is 0 Å². The number of carbonyl (C=O) groups excluding carboxylic acids is 6. The molecule has 0 aromatic heterocycles. The van der Waals surface area contributed by atoms with Gasteiger partial charge in [-0.05, 0) is 318 Å².